The van der Waals surface area contributed by atoms with Crippen LogP contribution in [-0.2, 0) is 0 Å². The molecule has 3 rings (SSSR count). The van der Waals surface area contributed by atoms with E-state index < -0.39 is 6.10 Å². The molecular weight excluding hydrogens is 356 g/mol. The molecule has 8 heteroatoms. The fraction of sp³-hybridized carbons (Fsp3) is 0.222. The third-order valence-corrected chi connectivity index (χ3v) is 3.80. The summed E-state index contributed by atoms with van der Waals surface area (Å²) in [6, 6.07) is 10.4. The molecule has 0 fully saturated rings. The first-order chi connectivity index (χ1) is 12.4. The summed E-state index contributed by atoms with van der Waals surface area (Å²) in [5.74, 6) is 1.15. The van der Waals surface area contributed by atoms with E-state index >= 15 is 0 Å². The topological polar surface area (TPSA) is 81.4 Å². The average molecular weight is 373 g/mol. The summed E-state index contributed by atoms with van der Waals surface area (Å²) in [6.45, 7) is 1.79. The molecule has 0 spiro atoms. The van der Waals surface area contributed by atoms with E-state index in [1.165, 1.54) is 11.1 Å². The number of aromatic nitrogens is 3. The maximum Gasteiger partial charge on any atom is 0.267 e. The van der Waals surface area contributed by atoms with E-state index in [4.69, 9.17) is 20.9 Å². The molecule has 1 aromatic carbocycles. The lowest BCUT2D eigenvalue weighted by Crippen LogP contribution is -2.21. The Hall–Kier alpha value is -2.93. The number of amides is 1. The first kappa shape index (κ1) is 17.9. The molecule has 7 nitrogen and oxygen atoms in total. The SMILES string of the molecule is C[C@H](Oc1ccc(Cl)nc1)c1nc(-c2cccc(C(=O)N(C)C)c2)no1. The molecule has 0 unspecified atom stereocenters. The maximum absolute atomic E-state index is 12.1. The second-order valence-electron chi connectivity index (χ2n) is 5.81. The van der Waals surface area contributed by atoms with E-state index in [9.17, 15) is 4.79 Å². The highest BCUT2D eigenvalue weighted by Crippen LogP contribution is 2.24. The van der Waals surface area contributed by atoms with Gasteiger partial charge < -0.3 is 14.2 Å². The van der Waals surface area contributed by atoms with Crippen LogP contribution in [0, 0.1) is 0 Å². The number of rotatable bonds is 5. The average Bonchev–Trinajstić information content (AvgIpc) is 3.13. The van der Waals surface area contributed by atoms with E-state index in [1.807, 2.05) is 6.07 Å². The second kappa shape index (κ2) is 7.53. The molecule has 0 bridgehead atoms. The quantitative estimate of drug-likeness (QED) is 0.636. The van der Waals surface area contributed by atoms with Gasteiger partial charge >= 0.3 is 0 Å². The van der Waals surface area contributed by atoms with E-state index in [2.05, 4.69) is 15.1 Å². The van der Waals surface area contributed by atoms with Crippen LogP contribution >= 0.6 is 11.6 Å². The minimum absolute atomic E-state index is 0.0949. The molecule has 1 amide bonds. The van der Waals surface area contributed by atoms with Crippen LogP contribution in [0.4, 0.5) is 0 Å². The third-order valence-electron chi connectivity index (χ3n) is 3.58. The van der Waals surface area contributed by atoms with Crippen molar-refractivity contribution in [2.45, 2.75) is 13.0 Å². The fourth-order valence-electron chi connectivity index (χ4n) is 2.25. The molecular formula is C18H17ClN4O3. The molecule has 0 aliphatic rings. The van der Waals surface area contributed by atoms with Gasteiger partial charge in [-0.1, -0.05) is 28.9 Å². The van der Waals surface area contributed by atoms with Crippen molar-refractivity contribution in [2.75, 3.05) is 14.1 Å². The Morgan fingerprint density at radius 3 is 2.77 bits per heavy atom. The molecule has 0 aliphatic carbocycles. The smallest absolute Gasteiger partial charge is 0.267 e. The van der Waals surface area contributed by atoms with Crippen molar-refractivity contribution in [1.82, 2.24) is 20.0 Å². The maximum atomic E-state index is 12.1. The van der Waals surface area contributed by atoms with Gasteiger partial charge in [0, 0.05) is 25.2 Å². The largest absolute Gasteiger partial charge is 0.479 e. The molecule has 2 aromatic heterocycles. The zero-order valence-corrected chi connectivity index (χ0v) is 15.3. The van der Waals surface area contributed by atoms with Crippen LogP contribution in [0.3, 0.4) is 0 Å². The first-order valence-corrected chi connectivity index (χ1v) is 8.26. The number of carbonyl (C=O) groups excluding carboxylic acids is 1. The van der Waals surface area contributed by atoms with Crippen molar-refractivity contribution in [3.8, 4) is 17.1 Å². The Balaban J connectivity index is 1.78. The predicted molar refractivity (Wildman–Crippen MR) is 96.0 cm³/mol. The second-order valence-corrected chi connectivity index (χ2v) is 6.20. The number of nitrogens with zero attached hydrogens (tertiary/aromatic N) is 4. The van der Waals surface area contributed by atoms with Crippen LogP contribution in [0.2, 0.25) is 5.15 Å². The Bertz CT molecular complexity index is 909. The Morgan fingerprint density at radius 2 is 2.08 bits per heavy atom. The zero-order chi connectivity index (χ0) is 18.7. The molecule has 0 saturated carbocycles. The van der Waals surface area contributed by atoms with Crippen molar-refractivity contribution >= 4 is 17.5 Å². The lowest BCUT2D eigenvalue weighted by Gasteiger charge is -2.10. The molecule has 0 saturated heterocycles. The number of benzene rings is 1. The monoisotopic (exact) mass is 372 g/mol. The first-order valence-electron chi connectivity index (χ1n) is 7.88. The van der Waals surface area contributed by atoms with E-state index in [-0.39, 0.29) is 5.91 Å². The molecule has 2 heterocycles. The number of hydrogen-bond acceptors (Lipinski definition) is 6. The standard InChI is InChI=1S/C18H17ClN4O3/c1-11(25-14-7-8-15(19)20-10-14)17-21-16(22-26-17)12-5-4-6-13(9-12)18(24)23(2)3/h4-11H,1-3H3/t11-/m0/s1. The highest BCUT2D eigenvalue weighted by molar-refractivity contribution is 6.29. The summed E-state index contributed by atoms with van der Waals surface area (Å²) in [7, 11) is 3.40. The predicted octanol–water partition coefficient (Wildman–Crippen LogP) is 3.63. The van der Waals surface area contributed by atoms with Crippen LogP contribution in [0.25, 0.3) is 11.4 Å². The minimum Gasteiger partial charge on any atom is -0.479 e. The number of halogens is 1. The lowest BCUT2D eigenvalue weighted by atomic mass is 10.1. The summed E-state index contributed by atoms with van der Waals surface area (Å²) < 4.78 is 11.0. The molecule has 134 valence electrons. The van der Waals surface area contributed by atoms with Gasteiger partial charge in [0.1, 0.15) is 10.9 Å². The van der Waals surface area contributed by atoms with Gasteiger partial charge in [-0.25, -0.2) is 4.98 Å². The lowest BCUT2D eigenvalue weighted by molar-refractivity contribution is 0.0827. The van der Waals surface area contributed by atoms with Crippen molar-refractivity contribution in [1.29, 1.82) is 0 Å². The Kier molecular flexibility index (Phi) is 5.18. The molecule has 3 aromatic rings. The molecule has 0 aliphatic heterocycles. The summed E-state index contributed by atoms with van der Waals surface area (Å²) >= 11 is 5.76. The van der Waals surface area contributed by atoms with Crippen molar-refractivity contribution in [3.63, 3.8) is 0 Å². The Labute approximate surface area is 155 Å². The number of carbonyl (C=O) groups is 1. The van der Waals surface area contributed by atoms with Gasteiger partial charge in [-0.15, -0.1) is 0 Å². The van der Waals surface area contributed by atoms with Crippen LogP contribution < -0.4 is 4.74 Å². The zero-order valence-electron chi connectivity index (χ0n) is 14.5. The fourth-order valence-corrected chi connectivity index (χ4v) is 2.37. The van der Waals surface area contributed by atoms with Gasteiger partial charge in [-0.3, -0.25) is 4.79 Å². The summed E-state index contributed by atoms with van der Waals surface area (Å²) in [5.41, 5.74) is 1.24. The van der Waals surface area contributed by atoms with Crippen molar-refractivity contribution < 1.29 is 14.1 Å². The van der Waals surface area contributed by atoms with E-state index in [1.54, 1.807) is 51.4 Å². The van der Waals surface area contributed by atoms with Crippen LogP contribution in [0.5, 0.6) is 5.75 Å². The minimum atomic E-state index is -0.467. The number of hydrogen-bond donors (Lipinski definition) is 0. The van der Waals surface area contributed by atoms with Crippen LogP contribution in [-0.4, -0.2) is 40.0 Å². The van der Waals surface area contributed by atoms with E-state index in [0.29, 0.717) is 33.7 Å². The third kappa shape index (κ3) is 4.00. The van der Waals surface area contributed by atoms with Gasteiger partial charge in [0.15, 0.2) is 6.10 Å². The number of ether oxygens (including phenoxy) is 1. The van der Waals surface area contributed by atoms with Gasteiger partial charge in [-0.05, 0) is 31.2 Å². The van der Waals surface area contributed by atoms with E-state index in [0.717, 1.165) is 0 Å². The van der Waals surface area contributed by atoms with Crippen molar-refractivity contribution in [3.05, 3.63) is 59.2 Å². The van der Waals surface area contributed by atoms with Gasteiger partial charge in [0.05, 0.1) is 6.20 Å². The molecule has 0 radical (unpaired) electrons. The number of pyridine rings is 1. The van der Waals surface area contributed by atoms with Crippen LogP contribution in [0.15, 0.2) is 47.1 Å². The highest BCUT2D eigenvalue weighted by atomic mass is 35.5. The molecule has 0 N–H and O–H groups in total. The summed E-state index contributed by atoms with van der Waals surface area (Å²) in [4.78, 5) is 21.9. The molecule has 1 atom stereocenters. The van der Waals surface area contributed by atoms with Gasteiger partial charge in [0.2, 0.25) is 5.82 Å². The van der Waals surface area contributed by atoms with Gasteiger partial charge in [0.25, 0.3) is 11.8 Å². The summed E-state index contributed by atoms with van der Waals surface area (Å²) in [6.07, 6.45) is 1.05. The highest BCUT2D eigenvalue weighted by Gasteiger charge is 2.18. The van der Waals surface area contributed by atoms with Gasteiger partial charge in [-0.2, -0.15) is 4.98 Å². The Morgan fingerprint density at radius 1 is 1.27 bits per heavy atom. The summed E-state index contributed by atoms with van der Waals surface area (Å²) in [5, 5.41) is 4.37. The molecule has 26 heavy (non-hydrogen) atoms. The normalized spacial score (nSPS) is 11.8. The van der Waals surface area contributed by atoms with Crippen LogP contribution in [0.1, 0.15) is 29.3 Å². The van der Waals surface area contributed by atoms with Crippen molar-refractivity contribution in [2.24, 2.45) is 0 Å².